The van der Waals surface area contributed by atoms with Crippen molar-refractivity contribution in [3.8, 4) is 0 Å². The van der Waals surface area contributed by atoms with E-state index >= 15 is 0 Å². The van der Waals surface area contributed by atoms with Crippen LogP contribution in [0.4, 0.5) is 0 Å². The predicted octanol–water partition coefficient (Wildman–Crippen LogP) is 1.85. The van der Waals surface area contributed by atoms with Crippen LogP contribution in [0, 0.1) is 0 Å². The SMILES string of the molecule is NS(=O)(=O)c1ccc(CN[C@H](C(=O)N2CCCC2)c2ccccc2)s1. The van der Waals surface area contributed by atoms with Gasteiger partial charge in [-0.2, -0.15) is 0 Å². The molecule has 0 saturated carbocycles. The Hall–Kier alpha value is -1.74. The van der Waals surface area contributed by atoms with Gasteiger partial charge < -0.3 is 4.90 Å². The molecule has 6 nitrogen and oxygen atoms in total. The summed E-state index contributed by atoms with van der Waals surface area (Å²) in [5.74, 6) is 0.0620. The molecule has 3 N–H and O–H groups in total. The van der Waals surface area contributed by atoms with Crippen LogP contribution < -0.4 is 10.5 Å². The first-order valence-corrected chi connectivity index (χ1v) is 10.5. The van der Waals surface area contributed by atoms with Crippen molar-refractivity contribution in [2.75, 3.05) is 13.1 Å². The van der Waals surface area contributed by atoms with E-state index in [1.54, 1.807) is 6.07 Å². The molecular weight excluding hydrogens is 358 g/mol. The summed E-state index contributed by atoms with van der Waals surface area (Å²) in [6.45, 7) is 1.98. The first kappa shape index (κ1) is 18.1. The van der Waals surface area contributed by atoms with Crippen LogP contribution in [0.3, 0.4) is 0 Å². The fraction of sp³-hybridized carbons (Fsp3) is 0.353. The summed E-state index contributed by atoms with van der Waals surface area (Å²) in [5, 5.41) is 8.43. The van der Waals surface area contributed by atoms with Crippen LogP contribution in [-0.4, -0.2) is 32.3 Å². The Labute approximate surface area is 151 Å². The fourth-order valence-electron chi connectivity index (χ4n) is 2.92. The number of carbonyl (C=O) groups excluding carboxylic acids is 1. The Morgan fingerprint density at radius 1 is 1.16 bits per heavy atom. The second kappa shape index (κ2) is 7.65. The molecule has 0 aliphatic carbocycles. The molecule has 8 heteroatoms. The summed E-state index contributed by atoms with van der Waals surface area (Å²) in [6, 6.07) is 12.4. The van der Waals surface area contributed by atoms with E-state index in [4.69, 9.17) is 5.14 Å². The second-order valence-electron chi connectivity index (χ2n) is 6.02. The van der Waals surface area contributed by atoms with Crippen LogP contribution in [0.15, 0.2) is 46.7 Å². The minimum absolute atomic E-state index is 0.0620. The van der Waals surface area contributed by atoms with Crippen LogP contribution >= 0.6 is 11.3 Å². The van der Waals surface area contributed by atoms with Gasteiger partial charge in [0.15, 0.2) is 0 Å². The Morgan fingerprint density at radius 2 is 1.84 bits per heavy atom. The monoisotopic (exact) mass is 379 g/mol. The highest BCUT2D eigenvalue weighted by atomic mass is 32.2. The average Bonchev–Trinajstić information content (AvgIpc) is 3.27. The van der Waals surface area contributed by atoms with Crippen molar-refractivity contribution in [2.45, 2.75) is 29.6 Å². The number of carbonyl (C=O) groups is 1. The minimum atomic E-state index is -3.69. The Bertz CT molecular complexity index is 828. The zero-order valence-electron chi connectivity index (χ0n) is 13.7. The van der Waals surface area contributed by atoms with Gasteiger partial charge >= 0.3 is 0 Å². The third kappa shape index (κ3) is 4.46. The van der Waals surface area contributed by atoms with Crippen LogP contribution in [-0.2, 0) is 21.4 Å². The molecular formula is C17H21N3O3S2. The van der Waals surface area contributed by atoms with Gasteiger partial charge in [0.1, 0.15) is 10.3 Å². The molecule has 1 saturated heterocycles. The lowest BCUT2D eigenvalue weighted by atomic mass is 10.1. The van der Waals surface area contributed by atoms with Gasteiger partial charge in [-0.25, -0.2) is 13.6 Å². The number of rotatable bonds is 6. The van der Waals surface area contributed by atoms with E-state index in [-0.39, 0.29) is 10.1 Å². The number of hydrogen-bond donors (Lipinski definition) is 2. The van der Waals surface area contributed by atoms with E-state index in [1.165, 1.54) is 6.07 Å². The molecule has 0 unspecified atom stereocenters. The molecule has 1 aliphatic heterocycles. The number of sulfonamides is 1. The highest BCUT2D eigenvalue weighted by molar-refractivity contribution is 7.91. The standard InChI is InChI=1S/C17H21N3O3S2/c18-25(22,23)15-9-8-14(24-15)12-19-16(13-6-2-1-3-7-13)17(21)20-10-4-5-11-20/h1-3,6-9,16,19H,4-5,10-12H2,(H2,18,22,23)/t16-/m0/s1. The lowest BCUT2D eigenvalue weighted by Crippen LogP contribution is -2.39. The smallest absolute Gasteiger partial charge is 0.247 e. The average molecular weight is 380 g/mol. The summed E-state index contributed by atoms with van der Waals surface area (Å²) in [6.07, 6.45) is 2.08. The van der Waals surface area contributed by atoms with Crippen LogP contribution in [0.5, 0.6) is 0 Å². The van der Waals surface area contributed by atoms with Gasteiger partial charge in [0.2, 0.25) is 15.9 Å². The van der Waals surface area contributed by atoms with Crippen molar-refractivity contribution in [2.24, 2.45) is 5.14 Å². The zero-order chi connectivity index (χ0) is 17.9. The van der Waals surface area contributed by atoms with Crippen molar-refractivity contribution in [3.05, 3.63) is 52.9 Å². The summed E-state index contributed by atoms with van der Waals surface area (Å²) in [4.78, 5) is 15.6. The van der Waals surface area contributed by atoms with Gasteiger partial charge in [-0.15, -0.1) is 11.3 Å². The summed E-state index contributed by atoms with van der Waals surface area (Å²) in [7, 11) is -3.69. The quantitative estimate of drug-likeness (QED) is 0.801. The number of benzene rings is 1. The third-order valence-corrected chi connectivity index (χ3v) is 6.72. The molecule has 0 radical (unpaired) electrons. The maximum Gasteiger partial charge on any atom is 0.247 e. The highest BCUT2D eigenvalue weighted by Crippen LogP contribution is 2.23. The fourth-order valence-corrected chi connectivity index (χ4v) is 4.65. The predicted molar refractivity (Wildman–Crippen MR) is 97.5 cm³/mol. The lowest BCUT2D eigenvalue weighted by molar-refractivity contribution is -0.132. The number of hydrogen-bond acceptors (Lipinski definition) is 5. The highest BCUT2D eigenvalue weighted by Gasteiger charge is 2.27. The zero-order valence-corrected chi connectivity index (χ0v) is 15.4. The van der Waals surface area contributed by atoms with Crippen molar-refractivity contribution in [1.82, 2.24) is 10.2 Å². The molecule has 0 bridgehead atoms. The van der Waals surface area contributed by atoms with Crippen LogP contribution in [0.25, 0.3) is 0 Å². The molecule has 1 fully saturated rings. The van der Waals surface area contributed by atoms with E-state index in [0.717, 1.165) is 47.7 Å². The number of nitrogens with two attached hydrogens (primary N) is 1. The normalized spacial score (nSPS) is 16.1. The molecule has 1 amide bonds. The number of primary sulfonamides is 1. The summed E-state index contributed by atoms with van der Waals surface area (Å²) >= 11 is 1.12. The largest absolute Gasteiger partial charge is 0.341 e. The Morgan fingerprint density at radius 3 is 2.44 bits per heavy atom. The van der Waals surface area contributed by atoms with Crippen LogP contribution in [0.2, 0.25) is 0 Å². The number of likely N-dealkylation sites (tertiary alicyclic amines) is 1. The molecule has 25 heavy (non-hydrogen) atoms. The van der Waals surface area contributed by atoms with E-state index < -0.39 is 16.1 Å². The Balaban J connectivity index is 1.76. The van der Waals surface area contributed by atoms with Crippen LogP contribution in [0.1, 0.15) is 29.3 Å². The van der Waals surface area contributed by atoms with Crippen molar-refractivity contribution in [3.63, 3.8) is 0 Å². The first-order chi connectivity index (χ1) is 11.9. The molecule has 2 aromatic rings. The number of thiophene rings is 1. The Kier molecular flexibility index (Phi) is 5.53. The number of amides is 1. The minimum Gasteiger partial charge on any atom is -0.341 e. The van der Waals surface area contributed by atoms with E-state index in [0.29, 0.717) is 6.54 Å². The second-order valence-corrected chi connectivity index (χ2v) is 8.98. The molecule has 1 aliphatic rings. The van der Waals surface area contributed by atoms with Gasteiger partial charge in [-0.1, -0.05) is 30.3 Å². The van der Waals surface area contributed by atoms with Gasteiger partial charge in [0.05, 0.1) is 0 Å². The molecule has 1 aromatic carbocycles. The van der Waals surface area contributed by atoms with E-state index in [1.807, 2.05) is 35.2 Å². The molecule has 3 rings (SSSR count). The molecule has 2 heterocycles. The summed E-state index contributed by atoms with van der Waals surface area (Å²) in [5.41, 5.74) is 0.905. The van der Waals surface area contributed by atoms with Gasteiger partial charge in [0, 0.05) is 24.5 Å². The molecule has 1 aromatic heterocycles. The van der Waals surface area contributed by atoms with Crippen molar-refractivity contribution < 1.29 is 13.2 Å². The maximum atomic E-state index is 12.9. The molecule has 1 atom stereocenters. The number of nitrogens with zero attached hydrogens (tertiary/aromatic N) is 1. The summed E-state index contributed by atoms with van der Waals surface area (Å²) < 4.78 is 22.9. The first-order valence-electron chi connectivity index (χ1n) is 8.14. The molecule has 134 valence electrons. The lowest BCUT2D eigenvalue weighted by Gasteiger charge is -2.24. The van der Waals surface area contributed by atoms with Crippen molar-refractivity contribution in [1.29, 1.82) is 0 Å². The van der Waals surface area contributed by atoms with E-state index in [2.05, 4.69) is 5.32 Å². The van der Waals surface area contributed by atoms with Gasteiger partial charge in [0.25, 0.3) is 0 Å². The topological polar surface area (TPSA) is 92.5 Å². The van der Waals surface area contributed by atoms with Gasteiger partial charge in [-0.3, -0.25) is 10.1 Å². The number of nitrogens with one attached hydrogen (secondary N) is 1. The van der Waals surface area contributed by atoms with Gasteiger partial charge in [-0.05, 0) is 30.5 Å². The third-order valence-electron chi connectivity index (χ3n) is 4.20. The maximum absolute atomic E-state index is 12.9. The van der Waals surface area contributed by atoms with E-state index in [9.17, 15) is 13.2 Å². The van der Waals surface area contributed by atoms with Crippen molar-refractivity contribution >= 4 is 27.3 Å². The molecule has 0 spiro atoms.